The number of aliphatic hydroxyl groups is 1. The summed E-state index contributed by atoms with van der Waals surface area (Å²) < 4.78 is 0. The minimum Gasteiger partial charge on any atom is -0.387 e. The summed E-state index contributed by atoms with van der Waals surface area (Å²) in [6.07, 6.45) is 2.44. The van der Waals surface area contributed by atoms with Crippen molar-refractivity contribution in [2.24, 2.45) is 0 Å². The van der Waals surface area contributed by atoms with Crippen molar-refractivity contribution < 1.29 is 9.90 Å². The highest BCUT2D eigenvalue weighted by Crippen LogP contribution is 2.14. The summed E-state index contributed by atoms with van der Waals surface area (Å²) >= 11 is 1.35. The van der Waals surface area contributed by atoms with Crippen LogP contribution < -0.4 is 10.6 Å². The van der Waals surface area contributed by atoms with Gasteiger partial charge in [-0.1, -0.05) is 0 Å². The number of nitrogens with zero attached hydrogens (tertiary/aromatic N) is 2. The Morgan fingerprint density at radius 1 is 1.47 bits per heavy atom. The molecule has 100 valence electrons. The maximum atomic E-state index is 11.8. The first-order chi connectivity index (χ1) is 9.20. The molecule has 2 rings (SSSR count). The lowest BCUT2D eigenvalue weighted by Gasteiger charge is -2.11. The van der Waals surface area contributed by atoms with Crippen LogP contribution in [0.4, 0.5) is 5.13 Å². The van der Waals surface area contributed by atoms with Gasteiger partial charge in [-0.15, -0.1) is 11.3 Å². The van der Waals surface area contributed by atoms with Gasteiger partial charge in [0.2, 0.25) is 0 Å². The Kier molecular flexibility index (Phi) is 4.43. The van der Waals surface area contributed by atoms with Crippen LogP contribution >= 0.6 is 11.3 Å². The van der Waals surface area contributed by atoms with Crippen LogP contribution in [-0.4, -0.2) is 34.6 Å². The molecule has 0 aliphatic heterocycles. The Morgan fingerprint density at radius 2 is 2.21 bits per heavy atom. The summed E-state index contributed by atoms with van der Waals surface area (Å²) in [5, 5.41) is 17.7. The van der Waals surface area contributed by atoms with Gasteiger partial charge in [0.1, 0.15) is 5.69 Å². The van der Waals surface area contributed by atoms with E-state index in [2.05, 4.69) is 20.6 Å². The maximum absolute atomic E-state index is 11.8. The number of aromatic nitrogens is 2. The van der Waals surface area contributed by atoms with Crippen LogP contribution in [0.1, 0.15) is 22.2 Å². The molecule has 3 N–H and O–H groups in total. The molecule has 2 aromatic rings. The number of hydrogen-bond donors (Lipinski definition) is 3. The zero-order valence-electron chi connectivity index (χ0n) is 10.3. The third-order valence-electron chi connectivity index (χ3n) is 2.50. The molecule has 1 amide bonds. The zero-order chi connectivity index (χ0) is 13.7. The van der Waals surface area contributed by atoms with Gasteiger partial charge in [-0.05, 0) is 17.7 Å². The molecule has 2 aromatic heterocycles. The van der Waals surface area contributed by atoms with Gasteiger partial charge in [-0.2, -0.15) is 0 Å². The van der Waals surface area contributed by atoms with Crippen molar-refractivity contribution in [2.45, 2.75) is 6.10 Å². The fourth-order valence-corrected chi connectivity index (χ4v) is 2.13. The standard InChI is InChI=1S/C12H14N4O2S/c1-13-12-16-9(7-19-12)11(18)15-6-10(17)8-2-4-14-5-3-8/h2-5,7,10,17H,6H2,1H3,(H,13,16)(H,15,18). The fourth-order valence-electron chi connectivity index (χ4n) is 1.48. The molecule has 19 heavy (non-hydrogen) atoms. The Balaban J connectivity index is 1.90. The van der Waals surface area contributed by atoms with Crippen LogP contribution in [0, 0.1) is 0 Å². The number of pyridine rings is 1. The molecule has 0 aliphatic rings. The van der Waals surface area contributed by atoms with Crippen molar-refractivity contribution in [3.63, 3.8) is 0 Å². The monoisotopic (exact) mass is 278 g/mol. The van der Waals surface area contributed by atoms with Crippen molar-refractivity contribution in [3.05, 3.63) is 41.2 Å². The van der Waals surface area contributed by atoms with Gasteiger partial charge in [-0.3, -0.25) is 9.78 Å². The van der Waals surface area contributed by atoms with Crippen molar-refractivity contribution in [3.8, 4) is 0 Å². The normalized spacial score (nSPS) is 11.9. The van der Waals surface area contributed by atoms with E-state index in [0.29, 0.717) is 16.4 Å². The van der Waals surface area contributed by atoms with Gasteiger partial charge in [0.05, 0.1) is 6.10 Å². The molecular formula is C12H14N4O2S. The summed E-state index contributed by atoms with van der Waals surface area (Å²) in [7, 11) is 1.74. The second-order valence-electron chi connectivity index (χ2n) is 3.79. The third-order valence-corrected chi connectivity index (χ3v) is 3.36. The van der Waals surface area contributed by atoms with Gasteiger partial charge < -0.3 is 15.7 Å². The van der Waals surface area contributed by atoms with Gasteiger partial charge in [0.15, 0.2) is 5.13 Å². The maximum Gasteiger partial charge on any atom is 0.270 e. The van der Waals surface area contributed by atoms with Gasteiger partial charge in [-0.25, -0.2) is 4.98 Å². The van der Waals surface area contributed by atoms with E-state index in [1.807, 2.05) is 0 Å². The Labute approximate surface area is 114 Å². The number of carbonyl (C=O) groups excluding carboxylic acids is 1. The molecular weight excluding hydrogens is 264 g/mol. The van der Waals surface area contributed by atoms with E-state index < -0.39 is 6.10 Å². The second kappa shape index (κ2) is 6.26. The van der Waals surface area contributed by atoms with Crippen molar-refractivity contribution in [1.29, 1.82) is 0 Å². The molecule has 0 fully saturated rings. The van der Waals surface area contributed by atoms with E-state index in [9.17, 15) is 9.90 Å². The van der Waals surface area contributed by atoms with E-state index in [1.54, 1.807) is 37.0 Å². The molecule has 0 spiro atoms. The van der Waals surface area contributed by atoms with Gasteiger partial charge >= 0.3 is 0 Å². The average Bonchev–Trinajstić information content (AvgIpc) is 2.94. The molecule has 7 heteroatoms. The van der Waals surface area contributed by atoms with Gasteiger partial charge in [0.25, 0.3) is 5.91 Å². The highest BCUT2D eigenvalue weighted by molar-refractivity contribution is 7.13. The molecule has 0 aliphatic carbocycles. The lowest BCUT2D eigenvalue weighted by Crippen LogP contribution is -2.28. The van der Waals surface area contributed by atoms with Crippen LogP contribution in [0.2, 0.25) is 0 Å². The number of anilines is 1. The first kappa shape index (κ1) is 13.4. The van der Waals surface area contributed by atoms with Crippen molar-refractivity contribution in [2.75, 3.05) is 18.9 Å². The smallest absolute Gasteiger partial charge is 0.270 e. The van der Waals surface area contributed by atoms with Crippen molar-refractivity contribution in [1.82, 2.24) is 15.3 Å². The van der Waals surface area contributed by atoms with Crippen LogP contribution in [-0.2, 0) is 0 Å². The summed E-state index contributed by atoms with van der Waals surface area (Å²) in [5.41, 5.74) is 1.06. The molecule has 6 nitrogen and oxygen atoms in total. The van der Waals surface area contributed by atoms with E-state index >= 15 is 0 Å². The van der Waals surface area contributed by atoms with Crippen LogP contribution in [0.15, 0.2) is 29.9 Å². The highest BCUT2D eigenvalue weighted by Gasteiger charge is 2.13. The fraction of sp³-hybridized carbons (Fsp3) is 0.250. The van der Waals surface area contributed by atoms with E-state index in [1.165, 1.54) is 11.3 Å². The predicted molar refractivity (Wildman–Crippen MR) is 73.2 cm³/mol. The number of thiazole rings is 1. The molecule has 0 saturated heterocycles. The Hall–Kier alpha value is -1.99. The first-order valence-electron chi connectivity index (χ1n) is 5.70. The lowest BCUT2D eigenvalue weighted by atomic mass is 10.1. The van der Waals surface area contributed by atoms with E-state index in [4.69, 9.17) is 0 Å². The summed E-state index contributed by atoms with van der Waals surface area (Å²) in [4.78, 5) is 19.7. The summed E-state index contributed by atoms with van der Waals surface area (Å²) in [6.45, 7) is 0.134. The van der Waals surface area contributed by atoms with E-state index in [0.717, 1.165) is 0 Å². The molecule has 1 atom stereocenters. The van der Waals surface area contributed by atoms with Crippen LogP contribution in [0.25, 0.3) is 0 Å². The molecule has 0 saturated carbocycles. The second-order valence-corrected chi connectivity index (χ2v) is 4.65. The number of amides is 1. The lowest BCUT2D eigenvalue weighted by molar-refractivity contribution is 0.0912. The van der Waals surface area contributed by atoms with Gasteiger partial charge in [0, 0.05) is 31.4 Å². The Morgan fingerprint density at radius 3 is 2.84 bits per heavy atom. The molecule has 2 heterocycles. The molecule has 1 unspecified atom stereocenters. The van der Waals surface area contributed by atoms with Crippen molar-refractivity contribution >= 4 is 22.4 Å². The summed E-state index contributed by atoms with van der Waals surface area (Å²) in [5.74, 6) is -0.300. The molecule has 0 aromatic carbocycles. The number of rotatable bonds is 5. The molecule has 0 bridgehead atoms. The topological polar surface area (TPSA) is 87.1 Å². The predicted octanol–water partition coefficient (Wildman–Crippen LogP) is 1.04. The van der Waals surface area contributed by atoms with E-state index in [-0.39, 0.29) is 12.5 Å². The number of aliphatic hydroxyl groups excluding tert-OH is 1. The summed E-state index contributed by atoms with van der Waals surface area (Å²) in [6, 6.07) is 3.41. The number of hydrogen-bond acceptors (Lipinski definition) is 6. The Bertz CT molecular complexity index is 544. The number of nitrogens with one attached hydrogen (secondary N) is 2. The minimum absolute atomic E-state index is 0.134. The number of carbonyl (C=O) groups is 1. The quantitative estimate of drug-likeness (QED) is 0.761. The first-order valence-corrected chi connectivity index (χ1v) is 6.58. The highest BCUT2D eigenvalue weighted by atomic mass is 32.1. The largest absolute Gasteiger partial charge is 0.387 e. The average molecular weight is 278 g/mol. The molecule has 0 radical (unpaired) electrons. The van der Waals surface area contributed by atoms with Crippen LogP contribution in [0.3, 0.4) is 0 Å². The van der Waals surface area contributed by atoms with Crippen LogP contribution in [0.5, 0.6) is 0 Å². The SMILES string of the molecule is CNc1nc(C(=O)NCC(O)c2ccncc2)cs1. The third kappa shape index (κ3) is 3.49. The zero-order valence-corrected chi connectivity index (χ0v) is 11.1. The minimum atomic E-state index is -0.755.